The lowest BCUT2D eigenvalue weighted by Gasteiger charge is -2.32. The number of hydrogen-bond donors (Lipinski definition) is 2. The largest absolute Gasteiger partial charge is 0.450 e. The van der Waals surface area contributed by atoms with E-state index in [1.807, 2.05) is 13.0 Å². The summed E-state index contributed by atoms with van der Waals surface area (Å²) in [5, 5.41) is 6.87. The second kappa shape index (κ2) is 14.3. The van der Waals surface area contributed by atoms with Crippen LogP contribution in [0.25, 0.3) is 0 Å². The van der Waals surface area contributed by atoms with E-state index in [0.29, 0.717) is 12.6 Å². The molecule has 1 amide bonds. The molecule has 1 aliphatic heterocycles. The molecule has 7 nitrogen and oxygen atoms in total. The van der Waals surface area contributed by atoms with Crippen molar-refractivity contribution < 1.29 is 9.53 Å². The zero-order valence-electron chi connectivity index (χ0n) is 17.9. The molecule has 0 saturated carbocycles. The first-order chi connectivity index (χ1) is 13.6. The third-order valence-electron chi connectivity index (χ3n) is 5.00. The molecule has 0 aliphatic carbocycles. The van der Waals surface area contributed by atoms with Gasteiger partial charge in [-0.1, -0.05) is 18.2 Å². The molecular formula is C21H36IN5O2. The van der Waals surface area contributed by atoms with Gasteiger partial charge in [-0.05, 0) is 44.7 Å². The van der Waals surface area contributed by atoms with Crippen LogP contribution in [-0.4, -0.2) is 69.9 Å². The van der Waals surface area contributed by atoms with E-state index in [0.717, 1.165) is 57.8 Å². The van der Waals surface area contributed by atoms with Crippen LogP contribution in [0.3, 0.4) is 0 Å². The molecule has 1 heterocycles. The van der Waals surface area contributed by atoms with E-state index >= 15 is 0 Å². The fourth-order valence-electron chi connectivity index (χ4n) is 3.30. The lowest BCUT2D eigenvalue weighted by molar-refractivity contribution is 0.0963. The quantitative estimate of drug-likeness (QED) is 0.240. The van der Waals surface area contributed by atoms with Crippen molar-refractivity contribution in [3.63, 3.8) is 0 Å². The number of rotatable bonds is 8. The Bertz CT molecular complexity index is 606. The number of ether oxygens (including phenoxy) is 1. The summed E-state index contributed by atoms with van der Waals surface area (Å²) in [6, 6.07) is 10.8. The highest BCUT2D eigenvalue weighted by atomic mass is 127. The zero-order chi connectivity index (χ0) is 20.2. The Balaban J connectivity index is 0.00000420. The van der Waals surface area contributed by atoms with Gasteiger partial charge in [0.15, 0.2) is 5.96 Å². The van der Waals surface area contributed by atoms with Gasteiger partial charge in [0, 0.05) is 52.0 Å². The molecule has 0 aromatic heterocycles. The Morgan fingerprint density at radius 1 is 1.24 bits per heavy atom. The van der Waals surface area contributed by atoms with Crippen LogP contribution in [-0.2, 0) is 4.74 Å². The van der Waals surface area contributed by atoms with E-state index in [-0.39, 0.29) is 30.1 Å². The molecule has 1 aromatic rings. The van der Waals surface area contributed by atoms with Gasteiger partial charge < -0.3 is 25.2 Å². The highest BCUT2D eigenvalue weighted by Crippen LogP contribution is 2.12. The Morgan fingerprint density at radius 2 is 1.93 bits per heavy atom. The maximum Gasteiger partial charge on any atom is 0.409 e. The van der Waals surface area contributed by atoms with Gasteiger partial charge in [0.1, 0.15) is 0 Å². The van der Waals surface area contributed by atoms with Crippen molar-refractivity contribution in [1.29, 1.82) is 0 Å². The molecule has 1 aliphatic rings. The minimum atomic E-state index is -0.205. The number of para-hydroxylation sites is 1. The maximum atomic E-state index is 11.8. The molecule has 8 heteroatoms. The number of benzene rings is 1. The SMILES string of the molecule is CCOC(=O)N1CCC(NC(=NC)NCCCCN(C)c2ccccc2)CC1.I. The Kier molecular flexibility index (Phi) is 12.5. The highest BCUT2D eigenvalue weighted by molar-refractivity contribution is 14.0. The first-order valence-corrected chi connectivity index (χ1v) is 10.3. The van der Waals surface area contributed by atoms with E-state index in [1.165, 1.54) is 5.69 Å². The topological polar surface area (TPSA) is 69.2 Å². The van der Waals surface area contributed by atoms with Crippen molar-refractivity contribution in [1.82, 2.24) is 15.5 Å². The number of unbranched alkanes of at least 4 members (excludes halogenated alkanes) is 1. The van der Waals surface area contributed by atoms with Gasteiger partial charge in [-0.3, -0.25) is 4.99 Å². The lowest BCUT2D eigenvalue weighted by atomic mass is 10.1. The summed E-state index contributed by atoms with van der Waals surface area (Å²) >= 11 is 0. The van der Waals surface area contributed by atoms with Gasteiger partial charge >= 0.3 is 6.09 Å². The molecule has 0 atom stereocenters. The smallest absolute Gasteiger partial charge is 0.409 e. The van der Waals surface area contributed by atoms with Crippen LogP contribution < -0.4 is 15.5 Å². The van der Waals surface area contributed by atoms with Crippen LogP contribution >= 0.6 is 24.0 Å². The summed E-state index contributed by atoms with van der Waals surface area (Å²) in [5.41, 5.74) is 1.25. The van der Waals surface area contributed by atoms with E-state index in [4.69, 9.17) is 4.74 Å². The van der Waals surface area contributed by atoms with Crippen LogP contribution in [0.4, 0.5) is 10.5 Å². The predicted octanol–water partition coefficient (Wildman–Crippen LogP) is 3.31. The van der Waals surface area contributed by atoms with Crippen LogP contribution in [0, 0.1) is 0 Å². The Morgan fingerprint density at radius 3 is 2.55 bits per heavy atom. The number of piperidine rings is 1. The number of halogens is 1. The number of aliphatic imine (C=N–C) groups is 1. The van der Waals surface area contributed by atoms with Gasteiger partial charge in [-0.15, -0.1) is 24.0 Å². The highest BCUT2D eigenvalue weighted by Gasteiger charge is 2.23. The fraction of sp³-hybridized carbons (Fsp3) is 0.619. The van der Waals surface area contributed by atoms with Gasteiger partial charge in [-0.2, -0.15) is 0 Å². The van der Waals surface area contributed by atoms with Crippen LogP contribution in [0.1, 0.15) is 32.6 Å². The molecule has 1 saturated heterocycles. The molecule has 2 rings (SSSR count). The zero-order valence-corrected chi connectivity index (χ0v) is 20.2. The number of likely N-dealkylation sites (tertiary alicyclic amines) is 1. The van der Waals surface area contributed by atoms with Crippen molar-refractivity contribution in [3.8, 4) is 0 Å². The minimum absolute atomic E-state index is 0. The summed E-state index contributed by atoms with van der Waals surface area (Å²) < 4.78 is 5.07. The third kappa shape index (κ3) is 9.10. The summed E-state index contributed by atoms with van der Waals surface area (Å²) in [7, 11) is 3.93. The molecule has 29 heavy (non-hydrogen) atoms. The number of guanidine groups is 1. The van der Waals surface area contributed by atoms with Gasteiger partial charge in [0.2, 0.25) is 0 Å². The van der Waals surface area contributed by atoms with E-state index in [9.17, 15) is 4.79 Å². The summed E-state index contributed by atoms with van der Waals surface area (Å²) in [6.07, 6.45) is 3.80. The van der Waals surface area contributed by atoms with Gasteiger partial charge in [0.25, 0.3) is 0 Å². The number of hydrogen-bond acceptors (Lipinski definition) is 4. The normalized spacial score (nSPS) is 14.7. The number of nitrogens with one attached hydrogen (secondary N) is 2. The summed E-state index contributed by atoms with van der Waals surface area (Å²) in [4.78, 5) is 20.2. The molecule has 164 valence electrons. The molecule has 0 unspecified atom stereocenters. The molecule has 1 aromatic carbocycles. The number of nitrogens with zero attached hydrogens (tertiary/aromatic N) is 3. The molecule has 0 spiro atoms. The Hall–Kier alpha value is -1.71. The first kappa shape index (κ1) is 25.3. The van der Waals surface area contributed by atoms with Crippen molar-refractivity contribution in [3.05, 3.63) is 30.3 Å². The molecule has 1 fully saturated rings. The molecule has 0 bridgehead atoms. The van der Waals surface area contributed by atoms with Crippen molar-refractivity contribution in [2.24, 2.45) is 4.99 Å². The van der Waals surface area contributed by atoms with E-state index in [2.05, 4.69) is 51.8 Å². The lowest BCUT2D eigenvalue weighted by Crippen LogP contribution is -2.50. The van der Waals surface area contributed by atoms with Crippen molar-refractivity contribution in [2.75, 3.05) is 51.8 Å². The van der Waals surface area contributed by atoms with E-state index < -0.39 is 0 Å². The van der Waals surface area contributed by atoms with Crippen LogP contribution in [0.2, 0.25) is 0 Å². The number of carbonyl (C=O) groups excluding carboxylic acids is 1. The monoisotopic (exact) mass is 517 g/mol. The van der Waals surface area contributed by atoms with Crippen molar-refractivity contribution >= 4 is 41.7 Å². The standard InChI is InChI=1S/C21H35N5O2.HI/c1-4-28-21(27)26-16-12-18(13-17-26)24-20(22-2)23-14-8-9-15-25(3)19-10-6-5-7-11-19;/h5-7,10-11,18H,4,8-9,12-17H2,1-3H3,(H2,22,23,24);1H. The van der Waals surface area contributed by atoms with Crippen LogP contribution in [0.5, 0.6) is 0 Å². The average Bonchev–Trinajstić information content (AvgIpc) is 2.73. The molecule has 0 radical (unpaired) electrons. The summed E-state index contributed by atoms with van der Waals surface area (Å²) in [6.45, 7) is 5.63. The number of anilines is 1. The second-order valence-electron chi connectivity index (χ2n) is 7.07. The second-order valence-corrected chi connectivity index (χ2v) is 7.07. The average molecular weight is 517 g/mol. The van der Waals surface area contributed by atoms with Gasteiger partial charge in [0.05, 0.1) is 6.61 Å². The fourth-order valence-corrected chi connectivity index (χ4v) is 3.30. The predicted molar refractivity (Wildman–Crippen MR) is 130 cm³/mol. The molecule has 2 N–H and O–H groups in total. The first-order valence-electron chi connectivity index (χ1n) is 10.3. The number of amides is 1. The minimum Gasteiger partial charge on any atom is -0.450 e. The van der Waals surface area contributed by atoms with Crippen molar-refractivity contribution in [2.45, 2.75) is 38.6 Å². The Labute approximate surface area is 192 Å². The summed E-state index contributed by atoms with van der Waals surface area (Å²) in [5.74, 6) is 0.839. The number of carbonyl (C=O) groups is 1. The van der Waals surface area contributed by atoms with Crippen LogP contribution in [0.15, 0.2) is 35.3 Å². The third-order valence-corrected chi connectivity index (χ3v) is 5.00. The van der Waals surface area contributed by atoms with E-state index in [1.54, 1.807) is 11.9 Å². The maximum absolute atomic E-state index is 11.8. The van der Waals surface area contributed by atoms with Gasteiger partial charge in [-0.25, -0.2) is 4.79 Å². The molecular weight excluding hydrogens is 481 g/mol.